The SMILES string of the molecule is CC(C)(C)c1cc[n+]2c(c1)-c1cc(-c3ccccc3)cc3c1C21c2c(ccc4ccc5ccc[n+]1c5c24)C31c2ccccc2-c2ccccc21. The van der Waals surface area contributed by atoms with E-state index in [0.29, 0.717) is 0 Å². The second-order valence-electron chi connectivity index (χ2n) is 15.7. The molecule has 2 heteroatoms. The minimum absolute atomic E-state index is 0.00703. The molecule has 0 bridgehead atoms. The number of benzene rings is 6. The van der Waals surface area contributed by atoms with Crippen LogP contribution in [0.4, 0.5) is 0 Å². The molecule has 0 radical (unpaired) electrons. The lowest BCUT2D eigenvalue weighted by molar-refractivity contribution is -0.950. The van der Waals surface area contributed by atoms with Crippen LogP contribution in [0.1, 0.15) is 59.7 Å². The molecule has 50 heavy (non-hydrogen) atoms. The number of hydrogen-bond acceptors (Lipinski definition) is 0. The van der Waals surface area contributed by atoms with E-state index in [2.05, 4.69) is 182 Å². The lowest BCUT2D eigenvalue weighted by Crippen LogP contribution is -2.73. The minimum atomic E-state index is -0.568. The standard InChI is InChI=1S/C48H34N2/c1-46(2,3)33-23-25-49-41(28-33)36-26-32(29-12-5-4-6-13-29)27-40-43(36)48(49)44-39(22-21-30-19-20-31-14-11-24-50(48)45(31)42(30)44)47(40)37-17-9-7-15-34(37)35-16-8-10-18-38(35)47/h4-28H,1-3H3/q+2. The Bertz CT molecular complexity index is 2810. The van der Waals surface area contributed by atoms with Crippen molar-refractivity contribution in [2.75, 3.05) is 0 Å². The van der Waals surface area contributed by atoms with Gasteiger partial charge in [-0.25, -0.2) is 0 Å². The van der Waals surface area contributed by atoms with Crippen LogP contribution >= 0.6 is 0 Å². The zero-order valence-electron chi connectivity index (χ0n) is 28.3. The highest BCUT2D eigenvalue weighted by molar-refractivity contribution is 6.09. The van der Waals surface area contributed by atoms with E-state index in [4.69, 9.17) is 0 Å². The number of hydrogen-bond donors (Lipinski definition) is 0. The molecule has 0 fully saturated rings. The van der Waals surface area contributed by atoms with Crippen molar-refractivity contribution in [3.8, 4) is 33.5 Å². The van der Waals surface area contributed by atoms with Gasteiger partial charge in [0, 0.05) is 23.6 Å². The number of pyridine rings is 2. The molecule has 12 rings (SSSR count). The Morgan fingerprint density at radius 3 is 1.94 bits per heavy atom. The summed E-state index contributed by atoms with van der Waals surface area (Å²) in [5, 5.41) is 3.96. The Morgan fingerprint density at radius 1 is 0.480 bits per heavy atom. The van der Waals surface area contributed by atoms with Crippen molar-refractivity contribution in [2.24, 2.45) is 0 Å². The zero-order chi connectivity index (χ0) is 33.1. The lowest BCUT2D eigenvalue weighted by atomic mass is 9.58. The molecule has 0 saturated heterocycles. The van der Waals surface area contributed by atoms with Gasteiger partial charge >= 0.3 is 5.66 Å². The van der Waals surface area contributed by atoms with Crippen molar-refractivity contribution in [2.45, 2.75) is 37.3 Å². The number of fused-ring (bicyclic) bond motifs is 9. The largest absolute Gasteiger partial charge is 0.418 e. The fourth-order valence-corrected chi connectivity index (χ4v) is 10.5. The third-order valence-electron chi connectivity index (χ3n) is 12.4. The highest BCUT2D eigenvalue weighted by Gasteiger charge is 2.73. The van der Waals surface area contributed by atoms with Crippen LogP contribution in [-0.4, -0.2) is 0 Å². The molecule has 0 amide bonds. The summed E-state index contributed by atoms with van der Waals surface area (Å²) >= 11 is 0. The topological polar surface area (TPSA) is 7.76 Å². The average molecular weight is 639 g/mol. The van der Waals surface area contributed by atoms with E-state index in [9.17, 15) is 0 Å². The maximum absolute atomic E-state index is 2.63. The molecule has 4 heterocycles. The van der Waals surface area contributed by atoms with Gasteiger partial charge in [-0.05, 0) is 85.1 Å². The molecule has 2 aliphatic heterocycles. The first-order chi connectivity index (χ1) is 24.4. The van der Waals surface area contributed by atoms with E-state index in [1.165, 1.54) is 94.1 Å². The molecule has 0 saturated carbocycles. The molecule has 2 aromatic heterocycles. The van der Waals surface area contributed by atoms with Crippen LogP contribution < -0.4 is 9.13 Å². The molecule has 0 N–H and O–H groups in total. The van der Waals surface area contributed by atoms with Crippen molar-refractivity contribution in [1.82, 2.24) is 0 Å². The Hall–Kier alpha value is -5.86. The van der Waals surface area contributed by atoms with Gasteiger partial charge in [-0.3, -0.25) is 0 Å². The molecule has 8 aromatic rings. The van der Waals surface area contributed by atoms with Crippen LogP contribution in [0, 0.1) is 0 Å². The summed E-state index contributed by atoms with van der Waals surface area (Å²) in [7, 11) is 0. The second-order valence-corrected chi connectivity index (χ2v) is 15.7. The zero-order valence-corrected chi connectivity index (χ0v) is 28.3. The van der Waals surface area contributed by atoms with Crippen molar-refractivity contribution < 1.29 is 9.13 Å². The summed E-state index contributed by atoms with van der Waals surface area (Å²) in [6.07, 6.45) is 4.75. The summed E-state index contributed by atoms with van der Waals surface area (Å²) in [4.78, 5) is 0. The molecular weight excluding hydrogens is 605 g/mol. The molecular formula is C48H34N2+2. The summed E-state index contributed by atoms with van der Waals surface area (Å²) in [5.74, 6) is 0. The molecule has 1 unspecified atom stereocenters. The monoisotopic (exact) mass is 638 g/mol. The van der Waals surface area contributed by atoms with E-state index in [-0.39, 0.29) is 5.41 Å². The van der Waals surface area contributed by atoms with Crippen LogP contribution in [0.25, 0.3) is 55.2 Å². The maximum atomic E-state index is 2.63. The van der Waals surface area contributed by atoms with Gasteiger partial charge in [0.25, 0.3) is 0 Å². The van der Waals surface area contributed by atoms with Crippen molar-refractivity contribution in [1.29, 1.82) is 0 Å². The highest BCUT2D eigenvalue weighted by atomic mass is 15.3. The van der Waals surface area contributed by atoms with E-state index in [1.54, 1.807) is 0 Å². The number of nitrogens with zero attached hydrogens (tertiary/aromatic N) is 2. The smallest absolute Gasteiger partial charge is 0.125 e. The quantitative estimate of drug-likeness (QED) is 0.125. The summed E-state index contributed by atoms with van der Waals surface area (Å²) in [6.45, 7) is 6.99. The van der Waals surface area contributed by atoms with Crippen LogP contribution in [0.3, 0.4) is 0 Å². The van der Waals surface area contributed by atoms with Gasteiger partial charge in [-0.2, -0.15) is 0 Å². The van der Waals surface area contributed by atoms with Crippen molar-refractivity contribution in [3.05, 3.63) is 191 Å². The molecule has 234 valence electrons. The first-order valence-corrected chi connectivity index (χ1v) is 17.9. The van der Waals surface area contributed by atoms with E-state index >= 15 is 0 Å². The molecule has 1 atom stereocenters. The van der Waals surface area contributed by atoms with Gasteiger partial charge in [0.15, 0.2) is 12.4 Å². The third-order valence-corrected chi connectivity index (χ3v) is 12.4. The minimum Gasteiger partial charge on any atom is -0.125 e. The van der Waals surface area contributed by atoms with Crippen molar-refractivity contribution in [3.63, 3.8) is 0 Å². The maximum Gasteiger partial charge on any atom is 0.418 e. The molecule has 6 aromatic carbocycles. The fraction of sp³-hybridized carbons (Fsp3) is 0.125. The van der Waals surface area contributed by atoms with Crippen molar-refractivity contribution >= 4 is 21.7 Å². The summed E-state index contributed by atoms with van der Waals surface area (Å²) in [5.41, 5.74) is 17.8. The first-order valence-electron chi connectivity index (χ1n) is 17.9. The Labute approximate surface area is 291 Å². The normalized spacial score (nSPS) is 17.7. The summed E-state index contributed by atoms with van der Waals surface area (Å²) < 4.78 is 5.25. The van der Waals surface area contributed by atoms with E-state index in [1.807, 2.05) is 0 Å². The third kappa shape index (κ3) is 2.82. The van der Waals surface area contributed by atoms with Crippen LogP contribution in [-0.2, 0) is 16.5 Å². The molecule has 2 aliphatic carbocycles. The van der Waals surface area contributed by atoms with Crippen LogP contribution in [0.2, 0.25) is 0 Å². The van der Waals surface area contributed by atoms with Crippen LogP contribution in [0.5, 0.6) is 0 Å². The Balaban J connectivity index is 1.38. The second kappa shape index (κ2) is 8.64. The van der Waals surface area contributed by atoms with Gasteiger partial charge in [0.2, 0.25) is 11.2 Å². The lowest BCUT2D eigenvalue weighted by Gasteiger charge is -2.41. The average Bonchev–Trinajstić information content (AvgIpc) is 3.75. The fourth-order valence-electron chi connectivity index (χ4n) is 10.5. The molecule has 2 spiro atoms. The van der Waals surface area contributed by atoms with Gasteiger partial charge in [0.1, 0.15) is 11.1 Å². The van der Waals surface area contributed by atoms with E-state index in [0.717, 1.165) is 0 Å². The summed E-state index contributed by atoms with van der Waals surface area (Å²) in [6, 6.07) is 53.4. The number of rotatable bonds is 1. The van der Waals surface area contributed by atoms with E-state index < -0.39 is 11.1 Å². The predicted octanol–water partition coefficient (Wildman–Crippen LogP) is 9.80. The van der Waals surface area contributed by atoms with Crippen LogP contribution in [0.15, 0.2) is 152 Å². The number of aromatic nitrogens is 2. The van der Waals surface area contributed by atoms with Gasteiger partial charge in [0.05, 0.1) is 16.4 Å². The Morgan fingerprint density at radius 2 is 1.18 bits per heavy atom. The molecule has 2 nitrogen and oxygen atoms in total. The van der Waals surface area contributed by atoms with Gasteiger partial charge in [-0.15, -0.1) is 9.13 Å². The van der Waals surface area contributed by atoms with Gasteiger partial charge in [-0.1, -0.05) is 118 Å². The Kier molecular flexibility index (Phi) is 4.67. The predicted molar refractivity (Wildman–Crippen MR) is 200 cm³/mol. The molecule has 4 aliphatic rings. The van der Waals surface area contributed by atoms with Gasteiger partial charge < -0.3 is 0 Å². The first kappa shape index (κ1) is 27.0. The highest BCUT2D eigenvalue weighted by Crippen LogP contribution is 2.65.